The van der Waals surface area contributed by atoms with E-state index in [2.05, 4.69) is 31.2 Å². The number of carbonyl (C=O) groups excluding carboxylic acids is 1. The molecule has 1 aromatic carbocycles. The number of ether oxygens (including phenoxy) is 2. The molecule has 2 aliphatic heterocycles. The summed E-state index contributed by atoms with van der Waals surface area (Å²) in [6.07, 6.45) is 3.05. The van der Waals surface area contributed by atoms with Crippen LogP contribution in [0.5, 0.6) is 11.6 Å². The van der Waals surface area contributed by atoms with Crippen molar-refractivity contribution in [3.8, 4) is 11.6 Å². The molecule has 3 heterocycles. The van der Waals surface area contributed by atoms with Crippen molar-refractivity contribution in [3.05, 3.63) is 15.3 Å². The van der Waals surface area contributed by atoms with Crippen LogP contribution >= 0.6 is 39.3 Å². The second-order valence-electron chi connectivity index (χ2n) is 9.04. The topological polar surface area (TPSA) is 96.8 Å². The first-order chi connectivity index (χ1) is 15.5. The minimum atomic E-state index is -0.708. The van der Waals surface area contributed by atoms with Crippen molar-refractivity contribution in [3.63, 3.8) is 0 Å². The Balaban J connectivity index is 1.62. The fourth-order valence-electron chi connectivity index (χ4n) is 4.31. The summed E-state index contributed by atoms with van der Waals surface area (Å²) in [5, 5.41) is 14.1. The Bertz CT molecular complexity index is 1100. The number of nitrogens with one attached hydrogen (secondary N) is 1. The summed E-state index contributed by atoms with van der Waals surface area (Å²) in [6.45, 7) is 6.26. The molecule has 2 N–H and O–H groups in total. The second-order valence-corrected chi connectivity index (χ2v) is 11.0. The van der Waals surface area contributed by atoms with E-state index in [0.717, 1.165) is 12.8 Å². The van der Waals surface area contributed by atoms with Crippen LogP contribution < -0.4 is 10.1 Å². The van der Waals surface area contributed by atoms with Crippen LogP contribution in [0.3, 0.4) is 0 Å². The highest BCUT2D eigenvalue weighted by Crippen LogP contribution is 2.44. The zero-order chi connectivity index (χ0) is 24.1. The number of aromatic nitrogens is 2. The highest BCUT2D eigenvalue weighted by molar-refractivity contribution is 9.10. The van der Waals surface area contributed by atoms with Crippen molar-refractivity contribution in [2.45, 2.75) is 62.5 Å². The van der Waals surface area contributed by atoms with Crippen molar-refractivity contribution >= 4 is 56.3 Å². The van der Waals surface area contributed by atoms with Crippen LogP contribution in [0.2, 0.25) is 5.02 Å². The lowest BCUT2D eigenvalue weighted by Crippen LogP contribution is -2.61. The zero-order valence-electron chi connectivity index (χ0n) is 18.6. The van der Waals surface area contributed by atoms with E-state index in [9.17, 15) is 14.3 Å². The van der Waals surface area contributed by atoms with Gasteiger partial charge in [0.05, 0.1) is 16.6 Å². The number of nitrogens with zero attached hydrogens (tertiary/aromatic N) is 3. The molecule has 2 fully saturated rings. The Morgan fingerprint density at radius 1 is 1.39 bits per heavy atom. The van der Waals surface area contributed by atoms with Gasteiger partial charge in [-0.05, 0) is 55.8 Å². The monoisotopic (exact) mass is 562 g/mol. The molecule has 0 radical (unpaired) electrons. The average molecular weight is 564 g/mol. The first-order valence-electron chi connectivity index (χ1n) is 10.5. The molecule has 4 rings (SSSR count). The van der Waals surface area contributed by atoms with E-state index in [1.807, 2.05) is 20.8 Å². The van der Waals surface area contributed by atoms with Crippen LogP contribution in [-0.2, 0) is 4.74 Å². The third-order valence-corrected chi connectivity index (χ3v) is 7.59. The standard InChI is InChI=1S/C21H25BrClFN4O4S/c1-21(2,3)32-20(30)28-9-5-6-11(28)10(25-7-9)8-31-17-12-16(15(24)13(22)14(17)23)26-19(33-4)27-18(12)29/h9-11,25H,5-8H2,1-4H3,(H,26,27,29)/t9-,10?,11+/m1/s1. The number of benzene rings is 1. The molecule has 1 amide bonds. The van der Waals surface area contributed by atoms with Gasteiger partial charge < -0.3 is 19.9 Å². The Labute approximate surface area is 208 Å². The Kier molecular flexibility index (Phi) is 6.88. The molecule has 1 unspecified atom stereocenters. The molecule has 180 valence electrons. The number of halogens is 3. The van der Waals surface area contributed by atoms with Gasteiger partial charge in [-0.15, -0.1) is 0 Å². The molecule has 2 aromatic rings. The van der Waals surface area contributed by atoms with E-state index in [-0.39, 0.29) is 62.1 Å². The van der Waals surface area contributed by atoms with Gasteiger partial charge in [-0.3, -0.25) is 4.90 Å². The first-order valence-corrected chi connectivity index (χ1v) is 12.9. The van der Waals surface area contributed by atoms with Gasteiger partial charge in [0.15, 0.2) is 16.7 Å². The Morgan fingerprint density at radius 2 is 2.12 bits per heavy atom. The first kappa shape index (κ1) is 24.6. The van der Waals surface area contributed by atoms with Gasteiger partial charge in [0.1, 0.15) is 28.1 Å². The summed E-state index contributed by atoms with van der Waals surface area (Å²) in [5.41, 5.74) is -0.682. The third kappa shape index (κ3) is 4.69. The van der Waals surface area contributed by atoms with Gasteiger partial charge in [-0.1, -0.05) is 23.4 Å². The van der Waals surface area contributed by atoms with Gasteiger partial charge >= 0.3 is 6.09 Å². The van der Waals surface area contributed by atoms with E-state index in [0.29, 0.717) is 6.54 Å². The Morgan fingerprint density at radius 3 is 2.79 bits per heavy atom. The smallest absolute Gasteiger partial charge is 0.410 e. The lowest BCUT2D eigenvalue weighted by molar-refractivity contribution is 0.00126. The van der Waals surface area contributed by atoms with E-state index in [1.54, 1.807) is 11.2 Å². The van der Waals surface area contributed by atoms with E-state index >= 15 is 0 Å². The van der Waals surface area contributed by atoms with Crippen molar-refractivity contribution in [2.75, 3.05) is 19.4 Å². The van der Waals surface area contributed by atoms with Crippen LogP contribution in [0.15, 0.2) is 9.63 Å². The van der Waals surface area contributed by atoms with Crippen molar-refractivity contribution in [1.82, 2.24) is 20.2 Å². The van der Waals surface area contributed by atoms with Crippen LogP contribution in [0.25, 0.3) is 10.9 Å². The summed E-state index contributed by atoms with van der Waals surface area (Å²) >= 11 is 10.7. The van der Waals surface area contributed by atoms with E-state index < -0.39 is 17.3 Å². The highest BCUT2D eigenvalue weighted by Gasteiger charge is 2.46. The molecular weight excluding hydrogens is 539 g/mol. The minimum Gasteiger partial charge on any atom is -0.493 e. The highest BCUT2D eigenvalue weighted by atomic mass is 79.9. The molecule has 0 saturated carbocycles. The maximum atomic E-state index is 14.9. The van der Waals surface area contributed by atoms with Crippen LogP contribution in [0, 0.1) is 5.82 Å². The third-order valence-electron chi connectivity index (χ3n) is 5.71. The fourth-order valence-corrected chi connectivity index (χ4v) is 5.27. The fraction of sp³-hybridized carbons (Fsp3) is 0.571. The second kappa shape index (κ2) is 9.24. The van der Waals surface area contributed by atoms with Crippen LogP contribution in [0.1, 0.15) is 33.6 Å². The molecule has 1 aromatic heterocycles. The predicted molar refractivity (Wildman–Crippen MR) is 128 cm³/mol. The number of thioether (sulfide) groups is 1. The number of piperazine rings is 1. The zero-order valence-corrected chi connectivity index (χ0v) is 21.8. The average Bonchev–Trinajstić information content (AvgIpc) is 3.06. The molecular formula is C21H25BrClFN4O4S. The summed E-state index contributed by atoms with van der Waals surface area (Å²) in [6, 6.07) is -0.270. The largest absolute Gasteiger partial charge is 0.493 e. The number of fused-ring (bicyclic) bond motifs is 3. The van der Waals surface area contributed by atoms with Crippen molar-refractivity contribution < 1.29 is 23.8 Å². The molecule has 33 heavy (non-hydrogen) atoms. The van der Waals surface area contributed by atoms with E-state index in [4.69, 9.17) is 21.1 Å². The van der Waals surface area contributed by atoms with Crippen LogP contribution in [0.4, 0.5) is 9.18 Å². The number of aromatic hydroxyl groups is 1. The van der Waals surface area contributed by atoms with Gasteiger partial charge in [0.2, 0.25) is 5.88 Å². The maximum Gasteiger partial charge on any atom is 0.410 e. The number of hydrogen-bond acceptors (Lipinski definition) is 8. The molecule has 2 aliphatic rings. The lowest BCUT2D eigenvalue weighted by atomic mass is 10.1. The normalized spacial score (nSPS) is 22.6. The molecule has 2 bridgehead atoms. The minimum absolute atomic E-state index is 0.00241. The molecule has 12 heteroatoms. The summed E-state index contributed by atoms with van der Waals surface area (Å²) in [5.74, 6) is -1.04. The van der Waals surface area contributed by atoms with Gasteiger partial charge in [0, 0.05) is 12.6 Å². The summed E-state index contributed by atoms with van der Waals surface area (Å²) < 4.78 is 26.5. The molecule has 8 nitrogen and oxygen atoms in total. The quantitative estimate of drug-likeness (QED) is 0.313. The van der Waals surface area contributed by atoms with Gasteiger partial charge in [-0.25, -0.2) is 14.2 Å². The van der Waals surface area contributed by atoms with Crippen LogP contribution in [-0.4, -0.2) is 69.2 Å². The van der Waals surface area contributed by atoms with Gasteiger partial charge in [0.25, 0.3) is 0 Å². The van der Waals surface area contributed by atoms with E-state index in [1.165, 1.54) is 11.8 Å². The SMILES string of the molecule is CSc1nc(O)c2c(OCC3NC[C@H]4CC[C@@H]3N4C(=O)OC(C)(C)C)c(Cl)c(Br)c(F)c2n1. The summed E-state index contributed by atoms with van der Waals surface area (Å²) in [4.78, 5) is 22.8. The molecule has 0 aliphatic carbocycles. The Hall–Kier alpha value is -1.56. The number of rotatable bonds is 4. The molecule has 0 spiro atoms. The van der Waals surface area contributed by atoms with Gasteiger partial charge in [-0.2, -0.15) is 4.98 Å². The maximum absolute atomic E-state index is 14.9. The van der Waals surface area contributed by atoms with Crippen molar-refractivity contribution in [1.29, 1.82) is 0 Å². The summed E-state index contributed by atoms with van der Waals surface area (Å²) in [7, 11) is 0. The predicted octanol–water partition coefficient (Wildman–Crippen LogP) is 4.73. The molecule has 2 saturated heterocycles. The molecule has 3 atom stereocenters. The lowest BCUT2D eigenvalue weighted by Gasteiger charge is -2.41. The number of carbonyl (C=O) groups is 1. The number of amides is 1. The number of hydrogen-bond donors (Lipinski definition) is 2. The van der Waals surface area contributed by atoms with Crippen molar-refractivity contribution in [2.24, 2.45) is 0 Å².